The maximum absolute atomic E-state index is 13.6. The number of aromatic nitrogens is 6. The van der Waals surface area contributed by atoms with Gasteiger partial charge in [0, 0.05) is 61.6 Å². The summed E-state index contributed by atoms with van der Waals surface area (Å²) in [6, 6.07) is 7.13. The van der Waals surface area contributed by atoms with Gasteiger partial charge in [0.15, 0.2) is 0 Å². The van der Waals surface area contributed by atoms with Gasteiger partial charge in [0.2, 0.25) is 5.88 Å². The van der Waals surface area contributed by atoms with Gasteiger partial charge in [-0.25, -0.2) is 15.0 Å². The number of aromatic amines is 1. The van der Waals surface area contributed by atoms with Gasteiger partial charge in [-0.3, -0.25) is 14.5 Å². The van der Waals surface area contributed by atoms with Crippen molar-refractivity contribution in [3.05, 3.63) is 54.4 Å². The Kier molecular flexibility index (Phi) is 8.28. The Morgan fingerprint density at radius 2 is 2.02 bits per heavy atom. The van der Waals surface area contributed by atoms with E-state index in [1.807, 2.05) is 23.1 Å². The number of hydrogen-bond donors (Lipinski definition) is 2. The van der Waals surface area contributed by atoms with Crippen LogP contribution in [0, 0.1) is 11.3 Å². The first-order valence-corrected chi connectivity index (χ1v) is 14.7. The van der Waals surface area contributed by atoms with E-state index in [9.17, 15) is 18.4 Å². The number of aliphatic hydroxyl groups excluding tert-OH is 1. The maximum Gasteiger partial charge on any atom is 0.433 e. The van der Waals surface area contributed by atoms with Gasteiger partial charge in [0.1, 0.15) is 23.8 Å². The van der Waals surface area contributed by atoms with E-state index >= 15 is 0 Å². The van der Waals surface area contributed by atoms with Gasteiger partial charge in [-0.05, 0) is 50.4 Å². The van der Waals surface area contributed by atoms with E-state index in [1.165, 1.54) is 6.33 Å². The fourth-order valence-corrected chi connectivity index (χ4v) is 6.39. The highest BCUT2D eigenvalue weighted by atomic mass is 19.4. The number of nitrogens with zero attached hydrogens (tertiary/aromatic N) is 8. The second-order valence-corrected chi connectivity index (χ2v) is 11.8. The number of hydrogen-bond acceptors (Lipinski definition) is 9. The van der Waals surface area contributed by atoms with Crippen LogP contribution >= 0.6 is 0 Å². The molecule has 1 aliphatic carbocycles. The summed E-state index contributed by atoms with van der Waals surface area (Å²) in [5.74, 6) is -0.0301. The van der Waals surface area contributed by atoms with Crippen LogP contribution in [0.5, 0.6) is 5.88 Å². The number of likely N-dealkylation sites (tertiary alicyclic amines) is 1. The number of halogens is 3. The van der Waals surface area contributed by atoms with Gasteiger partial charge in [-0.1, -0.05) is 0 Å². The molecular weight excluding hydrogens is 575 g/mol. The zero-order chi connectivity index (χ0) is 30.9. The zero-order valence-corrected chi connectivity index (χ0v) is 24.3. The molecule has 11 nitrogen and oxygen atoms in total. The molecule has 4 aromatic heterocycles. The molecule has 0 unspecified atom stereocenters. The SMILES string of the molecule is CN(CCO)Cc1cc(OC2CCN([C@H]3C[C@@](CC#N)(n4cc(-c5ncnc6[nH]ccc56)cn4)C3)CC2)nc(C(F)(F)F)c1. The predicted molar refractivity (Wildman–Crippen MR) is 154 cm³/mol. The van der Waals surface area contributed by atoms with Crippen LogP contribution in [0.1, 0.15) is 43.4 Å². The molecule has 0 spiro atoms. The zero-order valence-electron chi connectivity index (χ0n) is 24.3. The Balaban J connectivity index is 1.08. The molecule has 5 heterocycles. The van der Waals surface area contributed by atoms with Gasteiger partial charge >= 0.3 is 6.18 Å². The number of ether oxygens (including phenoxy) is 1. The van der Waals surface area contributed by atoms with Crippen LogP contribution in [0.4, 0.5) is 13.2 Å². The van der Waals surface area contributed by atoms with E-state index in [2.05, 4.69) is 36.0 Å². The van der Waals surface area contributed by atoms with E-state index in [-0.39, 0.29) is 31.2 Å². The number of nitrogens with one attached hydrogen (secondary N) is 1. The van der Waals surface area contributed by atoms with Crippen LogP contribution in [0.2, 0.25) is 0 Å². The second-order valence-electron chi connectivity index (χ2n) is 11.8. The molecule has 2 N–H and O–H groups in total. The van der Waals surface area contributed by atoms with Crippen LogP contribution in [0.15, 0.2) is 43.1 Å². The lowest BCUT2D eigenvalue weighted by atomic mass is 9.69. The number of H-pyrrole nitrogens is 1. The molecule has 44 heavy (non-hydrogen) atoms. The molecule has 0 atom stereocenters. The third kappa shape index (κ3) is 6.12. The van der Waals surface area contributed by atoms with E-state index in [4.69, 9.17) is 9.84 Å². The van der Waals surface area contributed by atoms with Gasteiger partial charge in [0.25, 0.3) is 0 Å². The molecule has 0 amide bonds. The number of piperidine rings is 1. The summed E-state index contributed by atoms with van der Waals surface area (Å²) in [7, 11) is 1.73. The van der Waals surface area contributed by atoms with Crippen LogP contribution in [0.25, 0.3) is 22.3 Å². The number of pyridine rings is 1. The smallest absolute Gasteiger partial charge is 0.433 e. The third-order valence-electron chi connectivity index (χ3n) is 8.70. The summed E-state index contributed by atoms with van der Waals surface area (Å²) in [4.78, 5) is 19.7. The predicted octanol–water partition coefficient (Wildman–Crippen LogP) is 3.97. The largest absolute Gasteiger partial charge is 0.474 e. The van der Waals surface area contributed by atoms with Gasteiger partial charge in [0.05, 0.1) is 36.5 Å². The van der Waals surface area contributed by atoms with E-state index in [0.717, 1.165) is 54.3 Å². The summed E-state index contributed by atoms with van der Waals surface area (Å²) in [6.07, 6.45) is 5.44. The summed E-state index contributed by atoms with van der Waals surface area (Å²) in [5.41, 5.74) is 1.44. The number of likely N-dealkylation sites (N-methyl/N-ethyl adjacent to an activating group) is 1. The van der Waals surface area contributed by atoms with Crippen molar-refractivity contribution in [1.82, 2.24) is 39.5 Å². The molecule has 1 aliphatic heterocycles. The minimum absolute atomic E-state index is 0.0301. The fraction of sp³-hybridized carbons (Fsp3) is 0.500. The van der Waals surface area contributed by atoms with Crippen molar-refractivity contribution >= 4 is 11.0 Å². The lowest BCUT2D eigenvalue weighted by molar-refractivity contribution is -0.141. The molecule has 4 aromatic rings. The molecule has 1 saturated heterocycles. The highest BCUT2D eigenvalue weighted by Gasteiger charge is 2.49. The quantitative estimate of drug-likeness (QED) is 0.274. The average molecular weight is 610 g/mol. The minimum Gasteiger partial charge on any atom is -0.474 e. The lowest BCUT2D eigenvalue weighted by Crippen LogP contribution is -2.58. The third-order valence-corrected chi connectivity index (χ3v) is 8.70. The van der Waals surface area contributed by atoms with Crippen molar-refractivity contribution in [2.75, 3.05) is 33.3 Å². The Morgan fingerprint density at radius 3 is 2.75 bits per heavy atom. The number of nitriles is 1. The van der Waals surface area contributed by atoms with E-state index in [1.54, 1.807) is 24.2 Å². The first-order valence-electron chi connectivity index (χ1n) is 14.7. The number of fused-ring (bicyclic) bond motifs is 1. The molecule has 2 aliphatic rings. The molecule has 1 saturated carbocycles. The highest BCUT2D eigenvalue weighted by molar-refractivity contribution is 5.90. The summed E-state index contributed by atoms with van der Waals surface area (Å²) < 4.78 is 48.6. The number of rotatable bonds is 10. The van der Waals surface area contributed by atoms with Crippen LogP contribution in [-0.2, 0) is 18.3 Å². The summed E-state index contributed by atoms with van der Waals surface area (Å²) >= 11 is 0. The Morgan fingerprint density at radius 1 is 1.23 bits per heavy atom. The first kappa shape index (κ1) is 30.0. The number of aliphatic hydroxyl groups is 1. The van der Waals surface area contributed by atoms with Gasteiger partial charge < -0.3 is 14.8 Å². The van der Waals surface area contributed by atoms with Gasteiger partial charge in [-0.2, -0.15) is 23.5 Å². The Labute approximate surface area is 252 Å². The molecule has 2 fully saturated rings. The topological polar surface area (TPSA) is 132 Å². The van der Waals surface area contributed by atoms with Crippen molar-refractivity contribution < 1.29 is 23.0 Å². The molecular formula is C30H34F3N9O2. The molecule has 0 radical (unpaired) electrons. The van der Waals surface area contributed by atoms with Gasteiger partial charge in [-0.15, -0.1) is 0 Å². The van der Waals surface area contributed by atoms with E-state index in [0.29, 0.717) is 31.4 Å². The van der Waals surface area contributed by atoms with Crippen LogP contribution < -0.4 is 4.74 Å². The van der Waals surface area contributed by atoms with Crippen molar-refractivity contribution in [3.8, 4) is 23.2 Å². The molecule has 232 valence electrons. The fourth-order valence-electron chi connectivity index (χ4n) is 6.39. The normalized spacial score (nSPS) is 21.4. The molecule has 6 rings (SSSR count). The first-order chi connectivity index (χ1) is 21.2. The Bertz CT molecular complexity index is 1630. The van der Waals surface area contributed by atoms with Crippen molar-refractivity contribution in [2.45, 2.75) is 62.5 Å². The van der Waals surface area contributed by atoms with E-state index < -0.39 is 17.4 Å². The standard InChI is InChI=1S/C30H34F3N9O2/c1-40(10-11-43)17-20-12-25(30(31,32)33)39-26(13-20)44-23-3-8-41(9-4-23)22-14-29(15-22,5-6-34)42-18-21(16-38-42)27-24-2-7-35-28(24)37-19-36-27/h2,7,12-13,16,18-19,22-23,43H,3-5,8-11,14-15,17H2,1H3,(H,35,36,37)/t22-,29+. The van der Waals surface area contributed by atoms with Crippen LogP contribution in [-0.4, -0.2) is 90.1 Å². The summed E-state index contributed by atoms with van der Waals surface area (Å²) in [5, 5.41) is 24.4. The maximum atomic E-state index is 13.6. The van der Waals surface area contributed by atoms with Crippen LogP contribution in [0.3, 0.4) is 0 Å². The molecule has 0 aromatic carbocycles. The van der Waals surface area contributed by atoms with Crippen molar-refractivity contribution in [1.29, 1.82) is 5.26 Å². The average Bonchev–Trinajstić information content (AvgIpc) is 3.65. The highest BCUT2D eigenvalue weighted by Crippen LogP contribution is 2.45. The monoisotopic (exact) mass is 609 g/mol. The Hall–Kier alpha value is -4.06. The van der Waals surface area contributed by atoms with Crippen molar-refractivity contribution in [3.63, 3.8) is 0 Å². The second kappa shape index (κ2) is 12.1. The minimum atomic E-state index is -4.59. The lowest BCUT2D eigenvalue weighted by Gasteiger charge is -2.52. The summed E-state index contributed by atoms with van der Waals surface area (Å²) in [6.45, 7) is 1.97. The molecule has 0 bridgehead atoms. The number of alkyl halides is 3. The molecule has 14 heteroatoms. The van der Waals surface area contributed by atoms with Crippen molar-refractivity contribution in [2.24, 2.45) is 0 Å².